The van der Waals surface area contributed by atoms with Crippen molar-refractivity contribution < 1.29 is 18.9 Å². The highest BCUT2D eigenvalue weighted by molar-refractivity contribution is 5.79. The molecule has 30 heavy (non-hydrogen) atoms. The first-order valence-corrected chi connectivity index (χ1v) is 11.4. The summed E-state index contributed by atoms with van der Waals surface area (Å²) in [5, 5.41) is 6.69. The van der Waals surface area contributed by atoms with Gasteiger partial charge in [-0.05, 0) is 52.2 Å². The van der Waals surface area contributed by atoms with Gasteiger partial charge in [0.15, 0.2) is 5.96 Å². The molecule has 1 fully saturated rings. The molecule has 0 aliphatic carbocycles. The molecule has 7 nitrogen and oxygen atoms in total. The van der Waals surface area contributed by atoms with Gasteiger partial charge in [0.1, 0.15) is 17.6 Å². The summed E-state index contributed by atoms with van der Waals surface area (Å²) in [5.41, 5.74) is 2.26. The van der Waals surface area contributed by atoms with E-state index in [0.717, 1.165) is 75.0 Å². The average Bonchev–Trinajstić information content (AvgIpc) is 3.37. The third-order valence-corrected chi connectivity index (χ3v) is 5.22. The van der Waals surface area contributed by atoms with E-state index < -0.39 is 0 Å². The molecule has 3 rings (SSSR count). The minimum atomic E-state index is 0.217. The van der Waals surface area contributed by atoms with Crippen LogP contribution in [0.3, 0.4) is 0 Å². The molecule has 168 valence electrons. The van der Waals surface area contributed by atoms with E-state index in [1.165, 1.54) is 5.56 Å². The topological polar surface area (TPSA) is 73.3 Å². The first-order chi connectivity index (χ1) is 14.7. The zero-order valence-electron chi connectivity index (χ0n) is 18.7. The number of benzene rings is 1. The summed E-state index contributed by atoms with van der Waals surface area (Å²) in [6.45, 7) is 11.2. The van der Waals surface area contributed by atoms with Crippen molar-refractivity contribution in [1.82, 2.24) is 10.6 Å². The van der Waals surface area contributed by atoms with Crippen molar-refractivity contribution in [2.24, 2.45) is 4.99 Å². The van der Waals surface area contributed by atoms with Gasteiger partial charge in [-0.3, -0.25) is 0 Å². The fourth-order valence-electron chi connectivity index (χ4n) is 3.77. The van der Waals surface area contributed by atoms with E-state index in [1.807, 2.05) is 6.92 Å². The largest absolute Gasteiger partial charge is 0.494 e. The molecule has 0 spiro atoms. The molecule has 0 aromatic heterocycles. The standard InChI is InChI=1S/C23H37N3O4/c1-4-24-23(25-9-7-10-27-16-20-8-6-11-29-20)26-15-19-14-22-18(12-17(3)30-22)13-21(19)28-5-2/h13-14,17,20H,4-12,15-16H2,1-3H3,(H2,24,25,26). The highest BCUT2D eigenvalue weighted by atomic mass is 16.5. The van der Waals surface area contributed by atoms with E-state index in [2.05, 4.69) is 36.6 Å². The van der Waals surface area contributed by atoms with Gasteiger partial charge < -0.3 is 29.6 Å². The third kappa shape index (κ3) is 6.77. The molecular formula is C23H37N3O4. The lowest BCUT2D eigenvalue weighted by atomic mass is 10.1. The Hall–Kier alpha value is -1.99. The van der Waals surface area contributed by atoms with Crippen LogP contribution in [0.1, 0.15) is 51.2 Å². The molecule has 0 bridgehead atoms. The quantitative estimate of drug-likeness (QED) is 0.326. The molecule has 2 unspecified atom stereocenters. The van der Waals surface area contributed by atoms with Crippen LogP contribution >= 0.6 is 0 Å². The van der Waals surface area contributed by atoms with Crippen molar-refractivity contribution in [3.63, 3.8) is 0 Å². The fourth-order valence-corrected chi connectivity index (χ4v) is 3.77. The van der Waals surface area contributed by atoms with Gasteiger partial charge in [-0.1, -0.05) is 0 Å². The van der Waals surface area contributed by atoms with Gasteiger partial charge in [-0.15, -0.1) is 0 Å². The Morgan fingerprint density at radius 2 is 2.17 bits per heavy atom. The van der Waals surface area contributed by atoms with Gasteiger partial charge in [0.25, 0.3) is 0 Å². The summed E-state index contributed by atoms with van der Waals surface area (Å²) in [6.07, 6.45) is 4.62. The van der Waals surface area contributed by atoms with Crippen LogP contribution in [-0.2, 0) is 22.4 Å². The smallest absolute Gasteiger partial charge is 0.191 e. The van der Waals surface area contributed by atoms with Crippen LogP contribution in [0, 0.1) is 0 Å². The molecule has 0 saturated carbocycles. The lowest BCUT2D eigenvalue weighted by molar-refractivity contribution is 0.0168. The van der Waals surface area contributed by atoms with Crippen LogP contribution in [0.5, 0.6) is 11.5 Å². The molecule has 2 heterocycles. The lowest BCUT2D eigenvalue weighted by Gasteiger charge is -2.14. The van der Waals surface area contributed by atoms with Crippen LogP contribution in [0.15, 0.2) is 17.1 Å². The summed E-state index contributed by atoms with van der Waals surface area (Å²) in [4.78, 5) is 4.75. The van der Waals surface area contributed by atoms with Crippen LogP contribution in [0.2, 0.25) is 0 Å². The van der Waals surface area contributed by atoms with Gasteiger partial charge in [0.2, 0.25) is 0 Å². The monoisotopic (exact) mass is 419 g/mol. The Kier molecular flexibility index (Phi) is 9.08. The van der Waals surface area contributed by atoms with Gasteiger partial charge in [-0.2, -0.15) is 0 Å². The van der Waals surface area contributed by atoms with Crippen LogP contribution in [0.4, 0.5) is 0 Å². The number of nitrogens with zero attached hydrogens (tertiary/aromatic N) is 1. The van der Waals surface area contributed by atoms with E-state index in [1.54, 1.807) is 0 Å². The number of rotatable bonds is 11. The van der Waals surface area contributed by atoms with Crippen LogP contribution in [0.25, 0.3) is 0 Å². The second-order valence-electron chi connectivity index (χ2n) is 7.82. The molecule has 7 heteroatoms. The summed E-state index contributed by atoms with van der Waals surface area (Å²) in [5.74, 6) is 2.66. The Bertz CT molecular complexity index is 689. The van der Waals surface area contributed by atoms with Crippen molar-refractivity contribution in [3.05, 3.63) is 23.3 Å². The Morgan fingerprint density at radius 1 is 1.27 bits per heavy atom. The first-order valence-electron chi connectivity index (χ1n) is 11.4. The normalized spacial score (nSPS) is 20.7. The molecule has 2 N–H and O–H groups in total. The zero-order chi connectivity index (χ0) is 21.2. The van der Waals surface area contributed by atoms with Crippen molar-refractivity contribution in [2.45, 2.75) is 65.2 Å². The number of ether oxygens (including phenoxy) is 4. The Labute approximate surface area is 180 Å². The lowest BCUT2D eigenvalue weighted by Crippen LogP contribution is -2.38. The molecule has 1 saturated heterocycles. The number of hydrogen-bond acceptors (Lipinski definition) is 5. The van der Waals surface area contributed by atoms with E-state index in [9.17, 15) is 0 Å². The molecular weight excluding hydrogens is 382 g/mol. The zero-order valence-corrected chi connectivity index (χ0v) is 18.7. The van der Waals surface area contributed by atoms with E-state index in [-0.39, 0.29) is 12.2 Å². The fraction of sp³-hybridized carbons (Fsp3) is 0.696. The van der Waals surface area contributed by atoms with Crippen LogP contribution < -0.4 is 20.1 Å². The van der Waals surface area contributed by atoms with E-state index in [0.29, 0.717) is 19.8 Å². The van der Waals surface area contributed by atoms with Gasteiger partial charge in [-0.25, -0.2) is 4.99 Å². The molecule has 0 radical (unpaired) electrons. The first kappa shape index (κ1) is 22.7. The Balaban J connectivity index is 1.49. The summed E-state index contributed by atoms with van der Waals surface area (Å²) >= 11 is 0. The number of aliphatic imine (C=N–C) groups is 1. The highest BCUT2D eigenvalue weighted by Crippen LogP contribution is 2.35. The minimum Gasteiger partial charge on any atom is -0.494 e. The van der Waals surface area contributed by atoms with Crippen molar-refractivity contribution in [3.8, 4) is 11.5 Å². The molecule has 1 aromatic carbocycles. The average molecular weight is 420 g/mol. The molecule has 1 aromatic rings. The number of nitrogens with one attached hydrogen (secondary N) is 2. The summed E-state index contributed by atoms with van der Waals surface area (Å²) in [7, 11) is 0. The van der Waals surface area contributed by atoms with Crippen molar-refractivity contribution in [1.29, 1.82) is 0 Å². The van der Waals surface area contributed by atoms with Crippen LogP contribution in [-0.4, -0.2) is 57.7 Å². The highest BCUT2D eigenvalue weighted by Gasteiger charge is 2.21. The SMILES string of the molecule is CCNC(=NCc1cc2c(cc1OCC)CC(C)O2)NCCCOCC1CCCO1. The van der Waals surface area contributed by atoms with Gasteiger partial charge in [0, 0.05) is 43.9 Å². The Morgan fingerprint density at radius 3 is 2.93 bits per heavy atom. The minimum absolute atomic E-state index is 0.217. The second-order valence-corrected chi connectivity index (χ2v) is 7.82. The molecule has 2 atom stereocenters. The van der Waals surface area contributed by atoms with E-state index >= 15 is 0 Å². The predicted octanol–water partition coefficient (Wildman–Crippen LogP) is 3.05. The number of fused-ring (bicyclic) bond motifs is 1. The van der Waals surface area contributed by atoms with Gasteiger partial charge in [0.05, 0.1) is 25.9 Å². The maximum atomic E-state index is 5.92. The number of hydrogen-bond donors (Lipinski definition) is 2. The van der Waals surface area contributed by atoms with Crippen molar-refractivity contribution in [2.75, 3.05) is 39.5 Å². The molecule has 2 aliphatic heterocycles. The summed E-state index contributed by atoms with van der Waals surface area (Å²) < 4.78 is 23.1. The van der Waals surface area contributed by atoms with Crippen molar-refractivity contribution >= 4 is 5.96 Å². The van der Waals surface area contributed by atoms with Gasteiger partial charge >= 0.3 is 0 Å². The number of guanidine groups is 1. The maximum absolute atomic E-state index is 5.92. The molecule has 2 aliphatic rings. The predicted molar refractivity (Wildman–Crippen MR) is 119 cm³/mol. The second kappa shape index (κ2) is 12.0. The third-order valence-electron chi connectivity index (χ3n) is 5.22. The maximum Gasteiger partial charge on any atom is 0.191 e. The molecule has 0 amide bonds. The van der Waals surface area contributed by atoms with E-state index in [4.69, 9.17) is 23.9 Å². The summed E-state index contributed by atoms with van der Waals surface area (Å²) in [6, 6.07) is 4.19.